The fourth-order valence-corrected chi connectivity index (χ4v) is 1.44. The Morgan fingerprint density at radius 2 is 1.95 bits per heavy atom. The number of carboxylic acids is 1. The Labute approximate surface area is 111 Å². The van der Waals surface area contributed by atoms with Crippen LogP contribution in [0.5, 0.6) is 0 Å². The highest BCUT2D eigenvalue weighted by atomic mass is 16.5. The predicted molar refractivity (Wildman–Crippen MR) is 65.7 cm³/mol. The van der Waals surface area contributed by atoms with Gasteiger partial charge in [-0.15, -0.1) is 0 Å². The summed E-state index contributed by atoms with van der Waals surface area (Å²) in [6.07, 6.45) is 0. The standard InChI is InChI=1S/C11H20N2O6/c1-4-13(8(2)5-18-3)11(17)12-9(14)6-19-7-10(15)16/h8H,4-7H2,1-3H3,(H,15,16)(H,12,14,17). The molecule has 0 radical (unpaired) electrons. The quantitative estimate of drug-likeness (QED) is 0.629. The van der Waals surface area contributed by atoms with Crippen molar-refractivity contribution in [2.45, 2.75) is 19.9 Å². The minimum atomic E-state index is -1.18. The van der Waals surface area contributed by atoms with Crippen LogP contribution in [0.25, 0.3) is 0 Å². The molecule has 3 amide bonds. The van der Waals surface area contributed by atoms with Crippen molar-refractivity contribution in [2.75, 3.05) is 33.5 Å². The summed E-state index contributed by atoms with van der Waals surface area (Å²) < 4.78 is 9.51. The summed E-state index contributed by atoms with van der Waals surface area (Å²) in [7, 11) is 1.52. The van der Waals surface area contributed by atoms with E-state index in [-0.39, 0.29) is 6.04 Å². The third kappa shape index (κ3) is 7.37. The minimum absolute atomic E-state index is 0.178. The van der Waals surface area contributed by atoms with E-state index >= 15 is 0 Å². The van der Waals surface area contributed by atoms with Gasteiger partial charge in [-0.3, -0.25) is 10.1 Å². The molecule has 0 aliphatic carbocycles. The number of urea groups is 1. The van der Waals surface area contributed by atoms with Gasteiger partial charge in [0.05, 0.1) is 12.6 Å². The highest BCUT2D eigenvalue weighted by Crippen LogP contribution is 1.99. The Balaban J connectivity index is 4.17. The molecule has 8 nitrogen and oxygen atoms in total. The maximum absolute atomic E-state index is 11.8. The van der Waals surface area contributed by atoms with E-state index in [0.717, 1.165) is 0 Å². The van der Waals surface area contributed by atoms with Crippen LogP contribution in [0.2, 0.25) is 0 Å². The van der Waals surface area contributed by atoms with Gasteiger partial charge in [0.25, 0.3) is 5.91 Å². The molecule has 0 aliphatic rings. The highest BCUT2D eigenvalue weighted by Gasteiger charge is 2.20. The number of hydrogen-bond acceptors (Lipinski definition) is 5. The summed E-state index contributed by atoms with van der Waals surface area (Å²) in [6, 6.07) is -0.737. The summed E-state index contributed by atoms with van der Waals surface area (Å²) >= 11 is 0. The molecule has 1 unspecified atom stereocenters. The van der Waals surface area contributed by atoms with Crippen LogP contribution in [-0.2, 0) is 19.1 Å². The van der Waals surface area contributed by atoms with Crippen molar-refractivity contribution in [3.63, 3.8) is 0 Å². The van der Waals surface area contributed by atoms with Crippen molar-refractivity contribution in [3.8, 4) is 0 Å². The third-order valence-corrected chi connectivity index (χ3v) is 2.25. The van der Waals surface area contributed by atoms with Crippen LogP contribution in [0.15, 0.2) is 0 Å². The first-order chi connectivity index (χ1) is 8.92. The SMILES string of the molecule is CCN(C(=O)NC(=O)COCC(=O)O)C(C)COC. The van der Waals surface area contributed by atoms with Crippen LogP contribution < -0.4 is 5.32 Å². The monoisotopic (exact) mass is 276 g/mol. The Morgan fingerprint density at radius 1 is 1.32 bits per heavy atom. The maximum atomic E-state index is 11.8. The zero-order chi connectivity index (χ0) is 14.8. The molecule has 1 atom stereocenters. The average molecular weight is 276 g/mol. The molecule has 0 aliphatic heterocycles. The lowest BCUT2D eigenvalue weighted by atomic mass is 10.3. The van der Waals surface area contributed by atoms with Gasteiger partial charge in [0.2, 0.25) is 0 Å². The molecular formula is C11H20N2O6. The molecule has 0 aromatic carbocycles. The van der Waals surface area contributed by atoms with Crippen LogP contribution in [0.1, 0.15) is 13.8 Å². The molecular weight excluding hydrogens is 256 g/mol. The van der Waals surface area contributed by atoms with E-state index < -0.39 is 31.1 Å². The number of likely N-dealkylation sites (N-methyl/N-ethyl adjacent to an activating group) is 1. The van der Waals surface area contributed by atoms with Gasteiger partial charge in [0.1, 0.15) is 13.2 Å². The second kappa shape index (κ2) is 9.29. The van der Waals surface area contributed by atoms with E-state index in [9.17, 15) is 14.4 Å². The summed E-state index contributed by atoms with van der Waals surface area (Å²) in [4.78, 5) is 34.7. The minimum Gasteiger partial charge on any atom is -0.480 e. The molecule has 8 heteroatoms. The molecule has 0 fully saturated rings. The van der Waals surface area contributed by atoms with Crippen LogP contribution in [0, 0.1) is 0 Å². The van der Waals surface area contributed by atoms with Crippen molar-refractivity contribution < 1.29 is 29.0 Å². The number of nitrogens with zero attached hydrogens (tertiary/aromatic N) is 1. The smallest absolute Gasteiger partial charge is 0.329 e. The molecule has 0 rings (SSSR count). The highest BCUT2D eigenvalue weighted by molar-refractivity contribution is 5.95. The number of rotatable bonds is 8. The molecule has 0 heterocycles. The molecule has 110 valence electrons. The van der Waals surface area contributed by atoms with Crippen LogP contribution in [-0.4, -0.2) is 67.4 Å². The number of methoxy groups -OCH3 is 1. The van der Waals surface area contributed by atoms with Gasteiger partial charge in [-0.2, -0.15) is 0 Å². The van der Waals surface area contributed by atoms with Crippen molar-refractivity contribution in [3.05, 3.63) is 0 Å². The van der Waals surface area contributed by atoms with Gasteiger partial charge in [-0.25, -0.2) is 9.59 Å². The normalized spacial score (nSPS) is 11.7. The van der Waals surface area contributed by atoms with Crippen molar-refractivity contribution in [1.29, 1.82) is 0 Å². The number of carbonyl (C=O) groups excluding carboxylic acids is 2. The van der Waals surface area contributed by atoms with Gasteiger partial charge in [-0.05, 0) is 13.8 Å². The van der Waals surface area contributed by atoms with E-state index in [4.69, 9.17) is 9.84 Å². The van der Waals surface area contributed by atoms with Gasteiger partial charge in [0.15, 0.2) is 0 Å². The number of imide groups is 1. The number of carboxylic acid groups (broad SMARTS) is 1. The van der Waals surface area contributed by atoms with Crippen LogP contribution in [0.4, 0.5) is 4.79 Å². The molecule has 0 bridgehead atoms. The predicted octanol–water partition coefficient (Wildman–Crippen LogP) is -0.319. The molecule has 2 N–H and O–H groups in total. The maximum Gasteiger partial charge on any atom is 0.329 e. The first kappa shape index (κ1) is 17.3. The third-order valence-electron chi connectivity index (χ3n) is 2.25. The van der Waals surface area contributed by atoms with Gasteiger partial charge in [0, 0.05) is 13.7 Å². The number of nitrogens with one attached hydrogen (secondary N) is 1. The van der Waals surface area contributed by atoms with Gasteiger partial charge >= 0.3 is 12.0 Å². The summed E-state index contributed by atoms with van der Waals surface area (Å²) in [5.41, 5.74) is 0. The van der Waals surface area contributed by atoms with E-state index in [1.165, 1.54) is 12.0 Å². The van der Waals surface area contributed by atoms with Crippen LogP contribution in [0.3, 0.4) is 0 Å². The fourth-order valence-electron chi connectivity index (χ4n) is 1.44. The average Bonchev–Trinajstić information content (AvgIpc) is 2.29. The van der Waals surface area contributed by atoms with E-state index in [2.05, 4.69) is 10.1 Å². The second-order valence-corrected chi connectivity index (χ2v) is 3.83. The zero-order valence-corrected chi connectivity index (χ0v) is 11.3. The fraction of sp³-hybridized carbons (Fsp3) is 0.727. The Morgan fingerprint density at radius 3 is 2.42 bits per heavy atom. The topological polar surface area (TPSA) is 105 Å². The van der Waals surface area contributed by atoms with Crippen molar-refractivity contribution >= 4 is 17.9 Å². The van der Waals surface area contributed by atoms with Crippen LogP contribution >= 0.6 is 0 Å². The Bertz CT molecular complexity index is 320. The second-order valence-electron chi connectivity index (χ2n) is 3.83. The van der Waals surface area contributed by atoms with Crippen molar-refractivity contribution in [1.82, 2.24) is 10.2 Å². The van der Waals surface area contributed by atoms with E-state index in [1.807, 2.05) is 0 Å². The number of amides is 3. The number of ether oxygens (including phenoxy) is 2. The van der Waals surface area contributed by atoms with Crippen molar-refractivity contribution in [2.24, 2.45) is 0 Å². The lowest BCUT2D eigenvalue weighted by molar-refractivity contribution is -0.143. The molecule has 19 heavy (non-hydrogen) atoms. The first-order valence-corrected chi connectivity index (χ1v) is 5.81. The Kier molecular flexibility index (Phi) is 8.47. The van der Waals surface area contributed by atoms with E-state index in [0.29, 0.717) is 13.2 Å². The summed E-state index contributed by atoms with van der Waals surface area (Å²) in [5.74, 6) is -1.86. The van der Waals surface area contributed by atoms with Gasteiger partial charge < -0.3 is 19.5 Å². The van der Waals surface area contributed by atoms with Gasteiger partial charge in [-0.1, -0.05) is 0 Å². The zero-order valence-electron chi connectivity index (χ0n) is 11.3. The Hall–Kier alpha value is -1.67. The number of hydrogen-bond donors (Lipinski definition) is 2. The summed E-state index contributed by atoms with van der Waals surface area (Å²) in [6.45, 7) is 3.27. The first-order valence-electron chi connectivity index (χ1n) is 5.81. The molecule has 0 aromatic rings. The number of aliphatic carboxylic acids is 1. The molecule has 0 saturated carbocycles. The largest absolute Gasteiger partial charge is 0.480 e. The molecule has 0 saturated heterocycles. The summed E-state index contributed by atoms with van der Waals surface area (Å²) in [5, 5.41) is 10.4. The number of carbonyl (C=O) groups is 3. The molecule has 0 spiro atoms. The molecule has 0 aromatic heterocycles. The lowest BCUT2D eigenvalue weighted by Crippen LogP contribution is -2.49. The lowest BCUT2D eigenvalue weighted by Gasteiger charge is -2.27. The van der Waals surface area contributed by atoms with E-state index in [1.54, 1.807) is 13.8 Å².